The first-order valence-electron chi connectivity index (χ1n) is 13.0. The molecule has 1 aliphatic heterocycles. The lowest BCUT2D eigenvalue weighted by atomic mass is 9.94. The van der Waals surface area contributed by atoms with Crippen molar-refractivity contribution in [3.8, 4) is 39.8 Å². The van der Waals surface area contributed by atoms with Gasteiger partial charge in [-0.25, -0.2) is 15.0 Å². The van der Waals surface area contributed by atoms with Gasteiger partial charge in [-0.3, -0.25) is 4.79 Å². The second-order valence-electron chi connectivity index (χ2n) is 9.40. The summed E-state index contributed by atoms with van der Waals surface area (Å²) in [5.74, 6) is 2.24. The average molecular weight is 533 g/mol. The third kappa shape index (κ3) is 4.31. The number of aromatic nitrogens is 4. The van der Waals surface area contributed by atoms with Crippen molar-refractivity contribution >= 4 is 28.4 Å². The zero-order valence-electron chi connectivity index (χ0n) is 22.5. The molecule has 2 aromatic carbocycles. The van der Waals surface area contributed by atoms with Crippen LogP contribution in [0.1, 0.15) is 18.2 Å². The summed E-state index contributed by atoms with van der Waals surface area (Å²) in [6.45, 7) is 8.36. The van der Waals surface area contributed by atoms with E-state index in [0.717, 1.165) is 50.5 Å². The highest BCUT2D eigenvalue weighted by molar-refractivity contribution is 6.10. The Kier molecular flexibility index (Phi) is 6.39. The lowest BCUT2D eigenvalue weighted by molar-refractivity contribution is -0.111. The number of nitrogens with zero attached hydrogens (tertiary/aromatic N) is 4. The number of anilines is 2. The molecule has 0 fully saturated rings. The van der Waals surface area contributed by atoms with Crippen LogP contribution in [0, 0.1) is 6.92 Å². The first-order valence-corrected chi connectivity index (χ1v) is 13.0. The quantitative estimate of drug-likeness (QED) is 0.239. The van der Waals surface area contributed by atoms with Gasteiger partial charge in [0.2, 0.25) is 11.8 Å². The maximum absolute atomic E-state index is 11.8. The molecule has 1 amide bonds. The van der Waals surface area contributed by atoms with Gasteiger partial charge in [0.1, 0.15) is 17.8 Å². The van der Waals surface area contributed by atoms with Gasteiger partial charge in [-0.2, -0.15) is 0 Å². The van der Waals surface area contributed by atoms with Gasteiger partial charge in [-0.05, 0) is 61.4 Å². The summed E-state index contributed by atoms with van der Waals surface area (Å²) in [7, 11) is 2.00. The van der Waals surface area contributed by atoms with E-state index >= 15 is 0 Å². The molecule has 0 aliphatic carbocycles. The second-order valence-corrected chi connectivity index (χ2v) is 9.40. The van der Waals surface area contributed by atoms with E-state index in [1.54, 1.807) is 6.33 Å². The molecule has 0 unspecified atom stereocenters. The molecule has 6 rings (SSSR count). The number of carbonyl (C=O) groups is 1. The summed E-state index contributed by atoms with van der Waals surface area (Å²) in [6.07, 6.45) is 2.82. The largest absolute Gasteiger partial charge is 0.490 e. The van der Waals surface area contributed by atoms with Crippen LogP contribution in [-0.4, -0.2) is 32.0 Å². The Morgan fingerprint density at radius 1 is 1.15 bits per heavy atom. The molecule has 0 radical (unpaired) electrons. The van der Waals surface area contributed by atoms with Crippen LogP contribution in [0.2, 0.25) is 0 Å². The van der Waals surface area contributed by atoms with Crippen molar-refractivity contribution in [3.05, 3.63) is 84.8 Å². The van der Waals surface area contributed by atoms with Crippen molar-refractivity contribution in [1.29, 1.82) is 0 Å². The highest BCUT2D eigenvalue weighted by atomic mass is 16.5. The van der Waals surface area contributed by atoms with Gasteiger partial charge in [-0.1, -0.05) is 24.8 Å². The Bertz CT molecular complexity index is 1770. The number of ether oxygens (including phenoxy) is 2. The molecule has 0 saturated heterocycles. The number of hydrogen-bond donors (Lipinski definition) is 2. The predicted molar refractivity (Wildman–Crippen MR) is 156 cm³/mol. The molecule has 200 valence electrons. The lowest BCUT2D eigenvalue weighted by Crippen LogP contribution is -2.07. The maximum Gasteiger partial charge on any atom is 0.247 e. The van der Waals surface area contributed by atoms with Crippen molar-refractivity contribution in [1.82, 2.24) is 19.5 Å². The van der Waals surface area contributed by atoms with Gasteiger partial charge >= 0.3 is 0 Å². The van der Waals surface area contributed by atoms with E-state index in [2.05, 4.69) is 42.8 Å². The fourth-order valence-corrected chi connectivity index (χ4v) is 5.15. The van der Waals surface area contributed by atoms with Crippen molar-refractivity contribution in [2.45, 2.75) is 20.4 Å². The van der Waals surface area contributed by atoms with Crippen molar-refractivity contribution in [2.75, 3.05) is 17.2 Å². The van der Waals surface area contributed by atoms with Crippen molar-refractivity contribution in [2.24, 2.45) is 7.05 Å². The van der Waals surface area contributed by atoms with Gasteiger partial charge in [-0.15, -0.1) is 0 Å². The Morgan fingerprint density at radius 2 is 1.98 bits per heavy atom. The van der Waals surface area contributed by atoms with Crippen LogP contribution in [0.5, 0.6) is 17.4 Å². The standard InChI is InChI=1S/C31H28N6O3/c1-5-24(38)36-20-12-10-19(11-13-20)28-26-21-14-15-23(40-25-9-7-8-18(3)35-25)29(39-6-2)22(21)16-32-30-27(26)31(37(28)4)34-17-33-30/h5,7-15,17H,1,6,16H2,2-4H3,(H,36,38)(H,32,33,34). The maximum atomic E-state index is 11.8. The minimum absolute atomic E-state index is 0.258. The van der Waals surface area contributed by atoms with E-state index in [4.69, 9.17) is 9.47 Å². The van der Waals surface area contributed by atoms with Crippen LogP contribution in [0.25, 0.3) is 33.4 Å². The monoisotopic (exact) mass is 532 g/mol. The molecule has 4 heterocycles. The average Bonchev–Trinajstić information content (AvgIpc) is 3.15. The van der Waals surface area contributed by atoms with Crippen LogP contribution in [0.15, 0.2) is 73.6 Å². The van der Waals surface area contributed by atoms with Gasteiger partial charge in [0, 0.05) is 42.2 Å². The summed E-state index contributed by atoms with van der Waals surface area (Å²) in [4.78, 5) is 25.5. The minimum atomic E-state index is -0.258. The summed E-state index contributed by atoms with van der Waals surface area (Å²) >= 11 is 0. The van der Waals surface area contributed by atoms with E-state index < -0.39 is 0 Å². The SMILES string of the molecule is C=CC(=O)Nc1ccc(-c2c3c4c(ncnc4n2C)NCc2c-3ccc(Oc3cccc(C)n3)c2OCC)cc1. The summed E-state index contributed by atoms with van der Waals surface area (Å²) in [5, 5.41) is 7.24. The fourth-order valence-electron chi connectivity index (χ4n) is 5.15. The molecule has 40 heavy (non-hydrogen) atoms. The summed E-state index contributed by atoms with van der Waals surface area (Å²) in [6, 6.07) is 17.4. The van der Waals surface area contributed by atoms with Gasteiger partial charge in [0.05, 0.1) is 17.7 Å². The number of benzene rings is 2. The van der Waals surface area contributed by atoms with Crippen LogP contribution >= 0.6 is 0 Å². The van der Waals surface area contributed by atoms with Crippen molar-refractivity contribution in [3.63, 3.8) is 0 Å². The molecule has 0 atom stereocenters. The smallest absolute Gasteiger partial charge is 0.247 e. The normalized spacial score (nSPS) is 11.8. The predicted octanol–water partition coefficient (Wildman–Crippen LogP) is 6.25. The number of nitrogens with one attached hydrogen (secondary N) is 2. The van der Waals surface area contributed by atoms with E-state index in [-0.39, 0.29) is 5.91 Å². The highest BCUT2D eigenvalue weighted by Gasteiger charge is 2.29. The third-order valence-corrected chi connectivity index (χ3v) is 6.87. The zero-order chi connectivity index (χ0) is 27.8. The number of aryl methyl sites for hydroxylation is 2. The van der Waals surface area contributed by atoms with Gasteiger partial charge < -0.3 is 24.7 Å². The Balaban J connectivity index is 1.54. The summed E-state index contributed by atoms with van der Waals surface area (Å²) in [5.41, 5.74) is 7.25. The number of amides is 1. The highest BCUT2D eigenvalue weighted by Crippen LogP contribution is 2.49. The fraction of sp³-hybridized carbons (Fsp3) is 0.161. The van der Waals surface area contributed by atoms with Crippen LogP contribution in [0.3, 0.4) is 0 Å². The van der Waals surface area contributed by atoms with Crippen molar-refractivity contribution < 1.29 is 14.3 Å². The molecule has 9 nitrogen and oxygen atoms in total. The number of fused-ring (bicyclic) bond motifs is 2. The molecule has 1 aliphatic rings. The zero-order valence-corrected chi connectivity index (χ0v) is 22.5. The topological polar surface area (TPSA) is 103 Å². The third-order valence-electron chi connectivity index (χ3n) is 6.87. The minimum Gasteiger partial charge on any atom is -0.490 e. The molecular formula is C31H28N6O3. The second kappa shape index (κ2) is 10.2. The van der Waals surface area contributed by atoms with E-state index in [1.807, 2.05) is 69.4 Å². The molecular weight excluding hydrogens is 504 g/mol. The molecule has 2 N–H and O–H groups in total. The van der Waals surface area contributed by atoms with E-state index in [0.29, 0.717) is 36.2 Å². The number of pyridine rings is 1. The number of rotatable bonds is 7. The molecule has 0 saturated carbocycles. The first-order chi connectivity index (χ1) is 19.5. The van der Waals surface area contributed by atoms with Gasteiger partial charge in [0.25, 0.3) is 0 Å². The first kappa shape index (κ1) is 25.1. The molecule has 0 spiro atoms. The van der Waals surface area contributed by atoms with E-state index in [1.165, 1.54) is 6.08 Å². The Hall–Kier alpha value is -5.18. The number of carbonyl (C=O) groups excluding carboxylic acids is 1. The molecule has 0 bridgehead atoms. The van der Waals surface area contributed by atoms with E-state index in [9.17, 15) is 4.79 Å². The van der Waals surface area contributed by atoms with Gasteiger partial charge in [0.15, 0.2) is 11.5 Å². The van der Waals surface area contributed by atoms with Crippen LogP contribution in [0.4, 0.5) is 11.5 Å². The Morgan fingerprint density at radius 3 is 2.73 bits per heavy atom. The van der Waals surface area contributed by atoms with Crippen LogP contribution in [-0.2, 0) is 18.4 Å². The van der Waals surface area contributed by atoms with Crippen LogP contribution < -0.4 is 20.1 Å². The number of hydrogen-bond acceptors (Lipinski definition) is 7. The lowest BCUT2D eigenvalue weighted by Gasteiger charge is -2.19. The molecule has 3 aromatic heterocycles. The summed E-state index contributed by atoms with van der Waals surface area (Å²) < 4.78 is 14.5. The molecule has 9 heteroatoms. The Labute approximate surface area is 231 Å². The molecule has 5 aromatic rings.